The van der Waals surface area contributed by atoms with Crippen molar-refractivity contribution in [2.75, 3.05) is 13.1 Å². The van der Waals surface area contributed by atoms with Crippen molar-refractivity contribution >= 4 is 17.7 Å². The Morgan fingerprint density at radius 2 is 1.63 bits per heavy atom. The van der Waals surface area contributed by atoms with Gasteiger partial charge in [0.25, 0.3) is 0 Å². The van der Waals surface area contributed by atoms with E-state index >= 15 is 0 Å². The van der Waals surface area contributed by atoms with Gasteiger partial charge in [-0.1, -0.05) is 13.8 Å². The summed E-state index contributed by atoms with van der Waals surface area (Å²) in [5.74, 6) is 0.858. The lowest BCUT2D eigenvalue weighted by molar-refractivity contribution is -0.140. The molecule has 2 atom stereocenters. The summed E-state index contributed by atoms with van der Waals surface area (Å²) in [5, 5.41) is 3.20. The van der Waals surface area contributed by atoms with Gasteiger partial charge in [0.15, 0.2) is 0 Å². The summed E-state index contributed by atoms with van der Waals surface area (Å²) in [6.07, 6.45) is 8.01. The summed E-state index contributed by atoms with van der Waals surface area (Å²) in [6.45, 7) is 5.43. The third-order valence-corrected chi connectivity index (χ3v) is 7.12. The molecule has 3 aliphatic carbocycles. The zero-order valence-corrected chi connectivity index (χ0v) is 18.5. The van der Waals surface area contributed by atoms with Crippen molar-refractivity contribution in [2.24, 2.45) is 23.5 Å². The van der Waals surface area contributed by atoms with E-state index in [1.165, 1.54) is 0 Å². The monoisotopic (exact) mass is 418 g/mol. The number of nitrogens with one attached hydrogen (secondary N) is 1. The minimum atomic E-state index is -0.458. The van der Waals surface area contributed by atoms with Gasteiger partial charge in [0.2, 0.25) is 17.7 Å². The van der Waals surface area contributed by atoms with E-state index in [0.29, 0.717) is 25.4 Å². The highest BCUT2D eigenvalue weighted by molar-refractivity contribution is 5.90. The van der Waals surface area contributed by atoms with Gasteiger partial charge in [-0.15, -0.1) is 0 Å². The Morgan fingerprint density at radius 1 is 1.00 bits per heavy atom. The average molecular weight is 419 g/mol. The molecule has 3 saturated carbocycles. The van der Waals surface area contributed by atoms with Gasteiger partial charge in [-0.25, -0.2) is 0 Å². The van der Waals surface area contributed by atoms with Gasteiger partial charge < -0.3 is 20.9 Å². The first kappa shape index (κ1) is 21.6. The number of carbonyl (C=O) groups excluding carboxylic acids is 3. The predicted octanol–water partition coefficient (Wildman–Crippen LogP) is 1.65. The molecule has 30 heavy (non-hydrogen) atoms. The summed E-state index contributed by atoms with van der Waals surface area (Å²) in [5.41, 5.74) is 6.00. The largest absolute Gasteiger partial charge is 0.352 e. The van der Waals surface area contributed by atoms with Gasteiger partial charge in [-0.2, -0.15) is 0 Å². The number of hydrogen-bond acceptors (Lipinski definition) is 4. The molecule has 168 valence electrons. The molecule has 4 fully saturated rings. The van der Waals surface area contributed by atoms with Crippen LogP contribution >= 0.6 is 0 Å². The van der Waals surface area contributed by atoms with Crippen molar-refractivity contribution < 1.29 is 14.4 Å². The third-order valence-electron chi connectivity index (χ3n) is 7.12. The number of amides is 3. The molecule has 1 heterocycles. The molecule has 0 aromatic rings. The topological polar surface area (TPSA) is 95.7 Å². The normalized spacial score (nSPS) is 31.7. The molecule has 7 nitrogen and oxygen atoms in total. The Labute approximate surface area is 180 Å². The maximum Gasteiger partial charge on any atom is 0.243 e. The van der Waals surface area contributed by atoms with E-state index in [2.05, 4.69) is 19.2 Å². The smallest absolute Gasteiger partial charge is 0.243 e. The lowest BCUT2D eigenvalue weighted by Crippen LogP contribution is -2.50. The van der Waals surface area contributed by atoms with Gasteiger partial charge in [-0.3, -0.25) is 14.4 Å². The molecule has 0 bridgehead atoms. The van der Waals surface area contributed by atoms with Crippen LogP contribution in [0.1, 0.15) is 71.6 Å². The summed E-state index contributed by atoms with van der Waals surface area (Å²) >= 11 is 0. The van der Waals surface area contributed by atoms with Crippen molar-refractivity contribution in [2.45, 2.75) is 95.8 Å². The molecular weight excluding hydrogens is 380 g/mol. The molecule has 0 radical (unpaired) electrons. The number of hydrogen-bond donors (Lipinski definition) is 2. The van der Waals surface area contributed by atoms with Crippen molar-refractivity contribution in [1.82, 2.24) is 15.1 Å². The molecular formula is C23H38N4O3. The van der Waals surface area contributed by atoms with Gasteiger partial charge in [0.1, 0.15) is 6.04 Å². The highest BCUT2D eigenvalue weighted by Gasteiger charge is 2.48. The minimum Gasteiger partial charge on any atom is -0.352 e. The van der Waals surface area contributed by atoms with Crippen LogP contribution < -0.4 is 11.1 Å². The van der Waals surface area contributed by atoms with Gasteiger partial charge in [0.05, 0.1) is 6.04 Å². The Morgan fingerprint density at radius 3 is 2.20 bits per heavy atom. The molecule has 0 aromatic carbocycles. The Bertz CT molecular complexity index is 665. The maximum atomic E-state index is 13.2. The van der Waals surface area contributed by atoms with Crippen LogP contribution in [0.25, 0.3) is 0 Å². The first-order chi connectivity index (χ1) is 14.3. The summed E-state index contributed by atoms with van der Waals surface area (Å²) in [4.78, 5) is 43.0. The van der Waals surface area contributed by atoms with Gasteiger partial charge >= 0.3 is 0 Å². The van der Waals surface area contributed by atoms with E-state index in [9.17, 15) is 14.4 Å². The highest BCUT2D eigenvalue weighted by atomic mass is 16.2. The second kappa shape index (κ2) is 8.85. The van der Waals surface area contributed by atoms with Gasteiger partial charge in [0, 0.05) is 37.0 Å². The lowest BCUT2D eigenvalue weighted by atomic mass is 9.91. The minimum absolute atomic E-state index is 0.0460. The van der Waals surface area contributed by atoms with E-state index < -0.39 is 6.04 Å². The standard InChI is InChI=1S/C23H38N4O3/c1-14(2)12-26(22(29)15-3-4-15)19-11-20(27(13-19)23(30)16-5-6-16)21(28)25-18-9-7-17(24)8-10-18/h14-20H,3-13,24H2,1-2H3,(H,25,28). The van der Waals surface area contributed by atoms with E-state index in [-0.39, 0.29) is 47.7 Å². The Balaban J connectivity index is 1.46. The SMILES string of the molecule is CC(C)CN(C(=O)C1CC1)C1CC(C(=O)NC2CCC(N)CC2)N(C(=O)C2CC2)C1. The molecule has 1 aliphatic heterocycles. The highest BCUT2D eigenvalue weighted by Crippen LogP contribution is 2.37. The molecule has 4 aliphatic rings. The average Bonchev–Trinajstić information content (AvgIpc) is 3.63. The van der Waals surface area contributed by atoms with Crippen molar-refractivity contribution in [1.29, 1.82) is 0 Å². The van der Waals surface area contributed by atoms with Crippen LogP contribution in [0.15, 0.2) is 0 Å². The molecule has 0 spiro atoms. The number of carbonyl (C=O) groups is 3. The first-order valence-electron chi connectivity index (χ1n) is 12.0. The molecule has 2 unspecified atom stereocenters. The van der Waals surface area contributed by atoms with Crippen LogP contribution in [-0.2, 0) is 14.4 Å². The fourth-order valence-corrected chi connectivity index (χ4v) is 5.03. The molecule has 3 N–H and O–H groups in total. The molecule has 7 heteroatoms. The maximum absolute atomic E-state index is 13.2. The lowest BCUT2D eigenvalue weighted by Gasteiger charge is -2.31. The summed E-state index contributed by atoms with van der Waals surface area (Å²) in [7, 11) is 0. The number of nitrogens with two attached hydrogens (primary N) is 1. The third kappa shape index (κ3) is 4.98. The van der Waals surface area contributed by atoms with Crippen LogP contribution in [0.4, 0.5) is 0 Å². The fraction of sp³-hybridized carbons (Fsp3) is 0.870. The van der Waals surface area contributed by atoms with Crippen LogP contribution in [0.2, 0.25) is 0 Å². The molecule has 3 amide bonds. The van der Waals surface area contributed by atoms with Crippen LogP contribution in [0.3, 0.4) is 0 Å². The van der Waals surface area contributed by atoms with Crippen molar-refractivity contribution in [3.05, 3.63) is 0 Å². The molecule has 0 aromatic heterocycles. The Kier molecular flexibility index (Phi) is 6.37. The van der Waals surface area contributed by atoms with Crippen LogP contribution in [0, 0.1) is 17.8 Å². The fourth-order valence-electron chi connectivity index (χ4n) is 5.03. The predicted molar refractivity (Wildman–Crippen MR) is 114 cm³/mol. The van der Waals surface area contributed by atoms with Crippen molar-refractivity contribution in [3.63, 3.8) is 0 Å². The van der Waals surface area contributed by atoms with Crippen molar-refractivity contribution in [3.8, 4) is 0 Å². The molecule has 1 saturated heterocycles. The van der Waals surface area contributed by atoms with E-state index in [0.717, 1.165) is 51.4 Å². The zero-order valence-electron chi connectivity index (χ0n) is 18.5. The zero-order chi connectivity index (χ0) is 21.4. The van der Waals surface area contributed by atoms with E-state index in [1.54, 1.807) is 4.90 Å². The van der Waals surface area contributed by atoms with Gasteiger partial charge in [-0.05, 0) is 63.7 Å². The number of likely N-dealkylation sites (tertiary alicyclic amines) is 1. The quantitative estimate of drug-likeness (QED) is 0.657. The van der Waals surface area contributed by atoms with Crippen LogP contribution in [0.5, 0.6) is 0 Å². The molecule has 4 rings (SSSR count). The Hall–Kier alpha value is -1.63. The van der Waals surface area contributed by atoms with E-state index in [1.807, 2.05) is 4.90 Å². The summed E-state index contributed by atoms with van der Waals surface area (Å²) < 4.78 is 0. The number of rotatable bonds is 7. The first-order valence-corrected chi connectivity index (χ1v) is 12.0. The second-order valence-corrected chi connectivity index (χ2v) is 10.4. The second-order valence-electron chi connectivity index (χ2n) is 10.4. The van der Waals surface area contributed by atoms with E-state index in [4.69, 9.17) is 5.73 Å². The number of nitrogens with zero attached hydrogens (tertiary/aromatic N) is 2. The summed E-state index contributed by atoms with van der Waals surface area (Å²) in [6, 6.07) is -0.131. The van der Waals surface area contributed by atoms with Crippen LogP contribution in [-0.4, -0.2) is 64.8 Å².